The SMILES string of the molecule is CNC(c1cc(C)sc1C)C1C2CCCCC21. The molecule has 1 nitrogen and oxygen atoms in total. The Hall–Kier alpha value is -0.340. The summed E-state index contributed by atoms with van der Waals surface area (Å²) in [4.78, 5) is 2.98. The molecule has 2 fully saturated rings. The van der Waals surface area contributed by atoms with Gasteiger partial charge >= 0.3 is 0 Å². The van der Waals surface area contributed by atoms with Crippen LogP contribution >= 0.6 is 11.3 Å². The molecule has 2 aliphatic rings. The average molecular weight is 249 g/mol. The van der Waals surface area contributed by atoms with Crippen molar-refractivity contribution < 1.29 is 0 Å². The first-order chi connectivity index (χ1) is 8.22. The molecule has 0 bridgehead atoms. The topological polar surface area (TPSA) is 12.0 Å². The number of nitrogens with one attached hydrogen (secondary N) is 1. The van der Waals surface area contributed by atoms with Gasteiger partial charge in [0, 0.05) is 15.8 Å². The van der Waals surface area contributed by atoms with Gasteiger partial charge in [-0.3, -0.25) is 0 Å². The van der Waals surface area contributed by atoms with Crippen molar-refractivity contribution >= 4 is 11.3 Å². The zero-order valence-electron chi connectivity index (χ0n) is 11.1. The summed E-state index contributed by atoms with van der Waals surface area (Å²) in [6.45, 7) is 4.51. The van der Waals surface area contributed by atoms with E-state index >= 15 is 0 Å². The maximum Gasteiger partial charge on any atom is 0.0362 e. The van der Waals surface area contributed by atoms with E-state index in [1.807, 2.05) is 11.3 Å². The molecule has 1 aromatic heterocycles. The Kier molecular flexibility index (Phi) is 3.04. The zero-order valence-corrected chi connectivity index (χ0v) is 11.9. The molecule has 0 spiro atoms. The van der Waals surface area contributed by atoms with Crippen LogP contribution in [0.3, 0.4) is 0 Å². The van der Waals surface area contributed by atoms with Gasteiger partial charge in [-0.2, -0.15) is 0 Å². The summed E-state index contributed by atoms with van der Waals surface area (Å²) in [5.74, 6) is 2.98. The smallest absolute Gasteiger partial charge is 0.0362 e. The minimum atomic E-state index is 0.619. The summed E-state index contributed by atoms with van der Waals surface area (Å²) in [5.41, 5.74) is 1.58. The van der Waals surface area contributed by atoms with E-state index in [9.17, 15) is 0 Å². The largest absolute Gasteiger partial charge is 0.313 e. The van der Waals surface area contributed by atoms with Crippen LogP contribution in [-0.4, -0.2) is 7.05 Å². The monoisotopic (exact) mass is 249 g/mol. The van der Waals surface area contributed by atoms with Crippen molar-refractivity contribution in [2.75, 3.05) is 7.05 Å². The van der Waals surface area contributed by atoms with Gasteiger partial charge in [0.15, 0.2) is 0 Å². The van der Waals surface area contributed by atoms with Gasteiger partial charge in [-0.1, -0.05) is 12.8 Å². The van der Waals surface area contributed by atoms with Crippen molar-refractivity contribution in [1.29, 1.82) is 0 Å². The molecular weight excluding hydrogens is 226 g/mol. The second-order valence-corrected chi connectivity index (χ2v) is 7.28. The van der Waals surface area contributed by atoms with E-state index in [4.69, 9.17) is 0 Å². The Morgan fingerprint density at radius 2 is 1.88 bits per heavy atom. The maximum absolute atomic E-state index is 3.60. The lowest BCUT2D eigenvalue weighted by atomic mass is 10.0. The van der Waals surface area contributed by atoms with Crippen molar-refractivity contribution in [1.82, 2.24) is 5.32 Å². The molecular formula is C15H23NS. The van der Waals surface area contributed by atoms with E-state index in [1.54, 1.807) is 5.56 Å². The number of hydrogen-bond donors (Lipinski definition) is 1. The second kappa shape index (κ2) is 4.40. The van der Waals surface area contributed by atoms with Gasteiger partial charge in [-0.05, 0) is 63.1 Å². The number of rotatable bonds is 3. The number of thiophene rings is 1. The molecule has 3 atom stereocenters. The van der Waals surface area contributed by atoms with Crippen molar-refractivity contribution in [2.45, 2.75) is 45.6 Å². The van der Waals surface area contributed by atoms with Crippen LogP contribution in [0.25, 0.3) is 0 Å². The van der Waals surface area contributed by atoms with Gasteiger partial charge in [0.05, 0.1) is 0 Å². The average Bonchev–Trinajstić information content (AvgIpc) is 2.93. The highest BCUT2D eigenvalue weighted by Crippen LogP contribution is 2.60. The summed E-state index contributed by atoms with van der Waals surface area (Å²) in [6, 6.07) is 3.03. The molecule has 1 aromatic rings. The number of aryl methyl sites for hydroxylation is 2. The van der Waals surface area contributed by atoms with Crippen LogP contribution < -0.4 is 5.32 Å². The first kappa shape index (κ1) is 11.7. The van der Waals surface area contributed by atoms with Gasteiger partial charge in [0.1, 0.15) is 0 Å². The third-order valence-corrected chi connectivity index (χ3v) is 5.81. The standard InChI is InChI=1S/C15H23NS/c1-9-8-13(10(2)17-9)15(16-3)14-11-6-4-5-7-12(11)14/h8,11-12,14-16H,4-7H2,1-3H3. The minimum absolute atomic E-state index is 0.619. The van der Waals surface area contributed by atoms with Crippen LogP contribution in [0.5, 0.6) is 0 Å². The lowest BCUT2D eigenvalue weighted by Gasteiger charge is -2.16. The van der Waals surface area contributed by atoms with Crippen LogP contribution in [0.1, 0.15) is 47.0 Å². The first-order valence-corrected chi connectivity index (χ1v) is 7.78. The van der Waals surface area contributed by atoms with Crippen molar-refractivity contribution in [3.8, 4) is 0 Å². The van der Waals surface area contributed by atoms with E-state index in [0.29, 0.717) is 6.04 Å². The Morgan fingerprint density at radius 1 is 1.24 bits per heavy atom. The zero-order chi connectivity index (χ0) is 12.0. The van der Waals surface area contributed by atoms with Crippen LogP contribution in [-0.2, 0) is 0 Å². The van der Waals surface area contributed by atoms with Crippen LogP contribution in [0.2, 0.25) is 0 Å². The molecule has 3 unspecified atom stereocenters. The van der Waals surface area contributed by atoms with E-state index in [2.05, 4.69) is 32.3 Å². The lowest BCUT2D eigenvalue weighted by Crippen LogP contribution is -2.20. The van der Waals surface area contributed by atoms with Gasteiger partial charge in [0.2, 0.25) is 0 Å². The molecule has 0 aliphatic heterocycles. The molecule has 0 saturated heterocycles. The normalized spacial score (nSPS) is 33.2. The predicted octanol–water partition coefficient (Wildman–Crippen LogP) is 4.06. The maximum atomic E-state index is 3.60. The Balaban J connectivity index is 1.82. The molecule has 0 amide bonds. The molecule has 0 radical (unpaired) electrons. The third kappa shape index (κ3) is 1.96. The molecule has 17 heavy (non-hydrogen) atoms. The molecule has 3 rings (SSSR count). The van der Waals surface area contributed by atoms with Crippen molar-refractivity contribution in [2.24, 2.45) is 17.8 Å². The van der Waals surface area contributed by atoms with E-state index in [0.717, 1.165) is 17.8 Å². The van der Waals surface area contributed by atoms with Crippen molar-refractivity contribution in [3.63, 3.8) is 0 Å². The van der Waals surface area contributed by atoms with Crippen LogP contribution in [0.4, 0.5) is 0 Å². The molecule has 1 N–H and O–H groups in total. The van der Waals surface area contributed by atoms with E-state index < -0.39 is 0 Å². The third-order valence-electron chi connectivity index (χ3n) is 4.83. The fraction of sp³-hybridized carbons (Fsp3) is 0.733. The summed E-state index contributed by atoms with van der Waals surface area (Å²) >= 11 is 1.95. The Labute approximate surface area is 109 Å². The minimum Gasteiger partial charge on any atom is -0.313 e. The number of hydrogen-bond acceptors (Lipinski definition) is 2. The molecule has 2 saturated carbocycles. The second-order valence-electron chi connectivity index (χ2n) is 5.82. The predicted molar refractivity (Wildman–Crippen MR) is 74.5 cm³/mol. The fourth-order valence-electron chi connectivity index (χ4n) is 4.06. The summed E-state index contributed by atoms with van der Waals surface area (Å²) < 4.78 is 0. The highest BCUT2D eigenvalue weighted by molar-refractivity contribution is 7.12. The number of fused-ring (bicyclic) bond motifs is 1. The fourth-order valence-corrected chi connectivity index (χ4v) is 5.03. The lowest BCUT2D eigenvalue weighted by molar-refractivity contribution is 0.480. The van der Waals surface area contributed by atoms with E-state index in [1.165, 1.54) is 35.4 Å². The highest BCUT2D eigenvalue weighted by atomic mass is 32.1. The Bertz CT molecular complexity index is 397. The Morgan fingerprint density at radius 3 is 2.35 bits per heavy atom. The summed E-state index contributed by atoms with van der Waals surface area (Å²) in [5, 5.41) is 3.60. The molecule has 94 valence electrons. The van der Waals surface area contributed by atoms with Crippen molar-refractivity contribution in [3.05, 3.63) is 21.4 Å². The molecule has 2 aliphatic carbocycles. The van der Waals surface area contributed by atoms with E-state index in [-0.39, 0.29) is 0 Å². The molecule has 1 heterocycles. The molecule has 0 aromatic carbocycles. The van der Waals surface area contributed by atoms with Gasteiger partial charge in [0.25, 0.3) is 0 Å². The highest BCUT2D eigenvalue weighted by Gasteiger charge is 2.54. The summed E-state index contributed by atoms with van der Waals surface area (Å²) in [7, 11) is 2.14. The summed E-state index contributed by atoms with van der Waals surface area (Å²) in [6.07, 6.45) is 5.90. The van der Waals surface area contributed by atoms with Gasteiger partial charge < -0.3 is 5.32 Å². The molecule has 2 heteroatoms. The van der Waals surface area contributed by atoms with Crippen LogP contribution in [0.15, 0.2) is 6.07 Å². The quantitative estimate of drug-likeness (QED) is 0.852. The van der Waals surface area contributed by atoms with Crippen LogP contribution in [0, 0.1) is 31.6 Å². The van der Waals surface area contributed by atoms with Gasteiger partial charge in [-0.25, -0.2) is 0 Å². The first-order valence-electron chi connectivity index (χ1n) is 6.96. The van der Waals surface area contributed by atoms with Gasteiger partial charge in [-0.15, -0.1) is 11.3 Å².